The number of carbonyl (C=O) groups is 2. The van der Waals surface area contributed by atoms with Gasteiger partial charge >= 0.3 is 0 Å². The lowest BCUT2D eigenvalue weighted by molar-refractivity contribution is -0.116. The van der Waals surface area contributed by atoms with Crippen LogP contribution in [0.5, 0.6) is 0 Å². The Morgan fingerprint density at radius 3 is 2.79 bits per heavy atom. The minimum atomic E-state index is -0.345. The van der Waals surface area contributed by atoms with Gasteiger partial charge in [0, 0.05) is 11.7 Å². The summed E-state index contributed by atoms with van der Waals surface area (Å²) in [4.78, 5) is 26.9. The molecule has 0 fully saturated rings. The maximum absolute atomic E-state index is 12.8. The fourth-order valence-electron chi connectivity index (χ4n) is 3.27. The standard InChI is InChI=1S/C20H17ClN4O2S2/c1-12-10-13-6-2-5-9-16(13)25(12)17(26)11-28-20-24-23-19(29-20)22-18(27)14-7-3-4-8-15(14)21/h2-9,12H,10-11H2,1H3,(H,22,23,27)/t12-/m0/s1. The zero-order chi connectivity index (χ0) is 20.4. The van der Waals surface area contributed by atoms with Gasteiger partial charge in [-0.1, -0.05) is 65.0 Å². The lowest BCUT2D eigenvalue weighted by Gasteiger charge is -2.22. The van der Waals surface area contributed by atoms with Gasteiger partial charge < -0.3 is 4.90 Å². The molecule has 1 aromatic heterocycles. The second kappa shape index (κ2) is 8.52. The van der Waals surface area contributed by atoms with E-state index < -0.39 is 0 Å². The van der Waals surface area contributed by atoms with Gasteiger partial charge in [0.25, 0.3) is 5.91 Å². The van der Waals surface area contributed by atoms with E-state index >= 15 is 0 Å². The molecular weight excluding hydrogens is 428 g/mol. The van der Waals surface area contributed by atoms with E-state index in [1.54, 1.807) is 24.3 Å². The third-order valence-electron chi connectivity index (χ3n) is 4.54. The Hall–Kier alpha value is -2.42. The number of aromatic nitrogens is 2. The third kappa shape index (κ3) is 4.29. The number of hydrogen-bond acceptors (Lipinski definition) is 6. The first-order valence-corrected chi connectivity index (χ1v) is 11.1. The van der Waals surface area contributed by atoms with Crippen LogP contribution in [-0.4, -0.2) is 33.8 Å². The predicted octanol–water partition coefficient (Wildman–Crippen LogP) is 4.51. The highest BCUT2D eigenvalue weighted by Crippen LogP contribution is 2.33. The lowest BCUT2D eigenvalue weighted by atomic mass is 10.1. The number of thioether (sulfide) groups is 1. The molecule has 0 bridgehead atoms. The number of fused-ring (bicyclic) bond motifs is 1. The van der Waals surface area contributed by atoms with Gasteiger partial charge in [-0.15, -0.1) is 10.2 Å². The van der Waals surface area contributed by atoms with Crippen molar-refractivity contribution in [3.8, 4) is 0 Å². The monoisotopic (exact) mass is 444 g/mol. The maximum atomic E-state index is 12.8. The van der Waals surface area contributed by atoms with Crippen molar-refractivity contribution >= 4 is 57.3 Å². The maximum Gasteiger partial charge on any atom is 0.259 e. The SMILES string of the molecule is C[C@H]1Cc2ccccc2N1C(=O)CSc1nnc(NC(=O)c2ccccc2Cl)s1. The highest BCUT2D eigenvalue weighted by atomic mass is 35.5. The Bertz CT molecular complexity index is 1070. The second-order valence-electron chi connectivity index (χ2n) is 6.54. The molecule has 2 amide bonds. The van der Waals surface area contributed by atoms with Crippen LogP contribution in [0.1, 0.15) is 22.8 Å². The summed E-state index contributed by atoms with van der Waals surface area (Å²) in [5, 5.41) is 11.5. The molecule has 1 aliphatic heterocycles. The van der Waals surface area contributed by atoms with Gasteiger partial charge in [-0.25, -0.2) is 0 Å². The molecule has 29 heavy (non-hydrogen) atoms. The summed E-state index contributed by atoms with van der Waals surface area (Å²) in [6.45, 7) is 2.05. The van der Waals surface area contributed by atoms with Crippen molar-refractivity contribution in [1.82, 2.24) is 10.2 Å². The Balaban J connectivity index is 1.37. The van der Waals surface area contributed by atoms with Crippen LogP contribution in [0.3, 0.4) is 0 Å². The van der Waals surface area contributed by atoms with Crippen LogP contribution in [-0.2, 0) is 11.2 Å². The van der Waals surface area contributed by atoms with E-state index in [0.29, 0.717) is 20.1 Å². The second-order valence-corrected chi connectivity index (χ2v) is 9.15. The van der Waals surface area contributed by atoms with E-state index in [2.05, 4.69) is 28.5 Å². The number of amides is 2. The molecule has 0 saturated heterocycles. The molecule has 6 nitrogen and oxygen atoms in total. The number of benzene rings is 2. The highest BCUT2D eigenvalue weighted by Gasteiger charge is 2.30. The molecule has 1 N–H and O–H groups in total. The van der Waals surface area contributed by atoms with Crippen LogP contribution in [0.15, 0.2) is 52.9 Å². The molecule has 2 aromatic carbocycles. The fourth-order valence-corrected chi connectivity index (χ4v) is 5.09. The Morgan fingerprint density at radius 2 is 1.97 bits per heavy atom. The molecule has 9 heteroatoms. The minimum Gasteiger partial charge on any atom is -0.308 e. The Morgan fingerprint density at radius 1 is 1.21 bits per heavy atom. The summed E-state index contributed by atoms with van der Waals surface area (Å²) < 4.78 is 0.618. The highest BCUT2D eigenvalue weighted by molar-refractivity contribution is 8.01. The number of anilines is 2. The summed E-state index contributed by atoms with van der Waals surface area (Å²) in [6.07, 6.45) is 0.865. The van der Waals surface area contributed by atoms with E-state index in [4.69, 9.17) is 11.6 Å². The van der Waals surface area contributed by atoms with Gasteiger partial charge in [0.2, 0.25) is 11.0 Å². The normalized spacial score (nSPS) is 15.2. The predicted molar refractivity (Wildman–Crippen MR) is 117 cm³/mol. The molecule has 0 spiro atoms. The summed E-state index contributed by atoms with van der Waals surface area (Å²) in [5.74, 6) is -0.0580. The molecule has 1 atom stereocenters. The van der Waals surface area contributed by atoms with Crippen LogP contribution >= 0.6 is 34.7 Å². The van der Waals surface area contributed by atoms with E-state index in [1.165, 1.54) is 28.7 Å². The number of rotatable bonds is 5. The molecular formula is C20H17ClN4O2S2. The number of hydrogen-bond donors (Lipinski definition) is 1. The molecule has 0 aliphatic carbocycles. The largest absolute Gasteiger partial charge is 0.308 e. The van der Waals surface area contributed by atoms with Crippen molar-refractivity contribution < 1.29 is 9.59 Å². The topological polar surface area (TPSA) is 75.2 Å². The summed E-state index contributed by atoms with van der Waals surface area (Å²) in [5.41, 5.74) is 2.55. The first-order valence-electron chi connectivity index (χ1n) is 8.95. The Kier molecular flexibility index (Phi) is 5.84. The molecule has 1 aliphatic rings. The van der Waals surface area contributed by atoms with E-state index in [1.807, 2.05) is 23.1 Å². The van der Waals surface area contributed by atoms with Gasteiger partial charge in [0.1, 0.15) is 0 Å². The van der Waals surface area contributed by atoms with Crippen molar-refractivity contribution in [2.75, 3.05) is 16.0 Å². The first kappa shape index (κ1) is 19.9. The zero-order valence-electron chi connectivity index (χ0n) is 15.5. The Labute approximate surface area is 181 Å². The summed E-state index contributed by atoms with van der Waals surface area (Å²) in [7, 11) is 0. The number of para-hydroxylation sites is 1. The van der Waals surface area contributed by atoms with Crippen LogP contribution < -0.4 is 10.2 Å². The summed E-state index contributed by atoms with van der Waals surface area (Å²) in [6, 6.07) is 14.9. The van der Waals surface area contributed by atoms with E-state index in [0.717, 1.165) is 12.1 Å². The van der Waals surface area contributed by atoms with Crippen LogP contribution in [0.2, 0.25) is 5.02 Å². The zero-order valence-corrected chi connectivity index (χ0v) is 17.9. The molecule has 0 radical (unpaired) electrons. The average Bonchev–Trinajstić information content (AvgIpc) is 3.29. The van der Waals surface area contributed by atoms with Gasteiger partial charge in [0.05, 0.1) is 16.3 Å². The average molecular weight is 445 g/mol. The molecule has 2 heterocycles. The van der Waals surface area contributed by atoms with Gasteiger partial charge in [-0.05, 0) is 37.1 Å². The number of nitrogens with one attached hydrogen (secondary N) is 1. The van der Waals surface area contributed by atoms with Crippen molar-refractivity contribution in [2.24, 2.45) is 0 Å². The number of halogens is 1. The van der Waals surface area contributed by atoms with Crippen LogP contribution in [0.4, 0.5) is 10.8 Å². The lowest BCUT2D eigenvalue weighted by Crippen LogP contribution is -2.36. The molecule has 4 rings (SSSR count). The summed E-state index contributed by atoms with van der Waals surface area (Å²) >= 11 is 8.59. The molecule has 3 aromatic rings. The number of carbonyl (C=O) groups excluding carboxylic acids is 2. The fraction of sp³-hybridized carbons (Fsp3) is 0.200. The molecule has 148 valence electrons. The number of nitrogens with zero attached hydrogens (tertiary/aromatic N) is 3. The smallest absolute Gasteiger partial charge is 0.259 e. The van der Waals surface area contributed by atoms with Crippen molar-refractivity contribution in [3.63, 3.8) is 0 Å². The molecule has 0 saturated carbocycles. The van der Waals surface area contributed by atoms with Crippen molar-refractivity contribution in [3.05, 3.63) is 64.7 Å². The van der Waals surface area contributed by atoms with Gasteiger partial charge in [-0.3, -0.25) is 14.9 Å². The minimum absolute atomic E-state index is 0.0318. The van der Waals surface area contributed by atoms with E-state index in [9.17, 15) is 9.59 Å². The van der Waals surface area contributed by atoms with Crippen LogP contribution in [0.25, 0.3) is 0 Å². The quantitative estimate of drug-likeness (QED) is 0.462. The van der Waals surface area contributed by atoms with E-state index in [-0.39, 0.29) is 23.6 Å². The van der Waals surface area contributed by atoms with Gasteiger partial charge in [0.15, 0.2) is 4.34 Å². The van der Waals surface area contributed by atoms with Crippen molar-refractivity contribution in [2.45, 2.75) is 23.7 Å². The van der Waals surface area contributed by atoms with Crippen LogP contribution in [0, 0.1) is 0 Å². The van der Waals surface area contributed by atoms with Gasteiger partial charge in [-0.2, -0.15) is 0 Å². The van der Waals surface area contributed by atoms with Crippen molar-refractivity contribution in [1.29, 1.82) is 0 Å². The molecule has 0 unspecified atom stereocenters. The first-order chi connectivity index (χ1) is 14.0. The third-order valence-corrected chi connectivity index (χ3v) is 6.83.